The Bertz CT molecular complexity index is 774. The van der Waals surface area contributed by atoms with Crippen LogP contribution in [0.2, 0.25) is 0 Å². The van der Waals surface area contributed by atoms with Crippen LogP contribution in [0.15, 0.2) is 48.5 Å². The summed E-state index contributed by atoms with van der Waals surface area (Å²) in [6.45, 7) is 0.786. The summed E-state index contributed by atoms with van der Waals surface area (Å²) in [7, 11) is 0. The number of alkyl halides is 3. The van der Waals surface area contributed by atoms with Crippen molar-refractivity contribution < 1.29 is 18.0 Å². The number of piperidine rings is 1. The predicted molar refractivity (Wildman–Crippen MR) is 95.1 cm³/mol. The molecular weight excluding hydrogens is 341 g/mol. The first-order chi connectivity index (χ1) is 12.4. The number of carbonyl (C=O) groups excluding carboxylic acids is 1. The van der Waals surface area contributed by atoms with Crippen LogP contribution in [0.1, 0.15) is 40.7 Å². The highest BCUT2D eigenvalue weighted by Crippen LogP contribution is 2.36. The third-order valence-electron chi connectivity index (χ3n) is 4.90. The number of anilines is 1. The largest absolute Gasteiger partial charge is 0.416 e. The van der Waals surface area contributed by atoms with Crippen molar-refractivity contribution in [2.75, 3.05) is 11.4 Å². The molecule has 2 aromatic carbocycles. The fraction of sp³-hybridized carbons (Fsp3) is 0.350. The molecule has 1 saturated heterocycles. The van der Waals surface area contributed by atoms with Crippen LogP contribution in [0.3, 0.4) is 0 Å². The average Bonchev–Trinajstić information content (AvgIpc) is 2.62. The van der Waals surface area contributed by atoms with Gasteiger partial charge >= 0.3 is 6.18 Å². The van der Waals surface area contributed by atoms with Crippen LogP contribution in [0.5, 0.6) is 0 Å². The van der Waals surface area contributed by atoms with Gasteiger partial charge in [-0.2, -0.15) is 13.2 Å². The van der Waals surface area contributed by atoms with E-state index >= 15 is 0 Å². The number of benzene rings is 2. The van der Waals surface area contributed by atoms with Crippen molar-refractivity contribution in [2.24, 2.45) is 5.73 Å². The zero-order valence-electron chi connectivity index (χ0n) is 14.3. The molecule has 6 heteroatoms. The Morgan fingerprint density at radius 1 is 1.08 bits per heavy atom. The second kappa shape index (κ2) is 7.40. The monoisotopic (exact) mass is 362 g/mol. The zero-order valence-corrected chi connectivity index (χ0v) is 14.3. The van der Waals surface area contributed by atoms with E-state index in [1.54, 1.807) is 0 Å². The maximum atomic E-state index is 13.5. The van der Waals surface area contributed by atoms with Gasteiger partial charge in [0, 0.05) is 23.8 Å². The molecule has 3 nitrogen and oxygen atoms in total. The van der Waals surface area contributed by atoms with Gasteiger partial charge in [0.15, 0.2) is 0 Å². The van der Waals surface area contributed by atoms with Crippen molar-refractivity contribution in [3.05, 3.63) is 65.2 Å². The maximum Gasteiger partial charge on any atom is 0.416 e. The second-order valence-corrected chi connectivity index (χ2v) is 6.58. The lowest BCUT2D eigenvalue weighted by atomic mass is 9.89. The second-order valence-electron chi connectivity index (χ2n) is 6.58. The molecule has 26 heavy (non-hydrogen) atoms. The Kier molecular flexibility index (Phi) is 5.20. The maximum absolute atomic E-state index is 13.5. The quantitative estimate of drug-likeness (QED) is 0.876. The molecule has 1 fully saturated rings. The van der Waals surface area contributed by atoms with Gasteiger partial charge in [0.2, 0.25) is 5.91 Å². The van der Waals surface area contributed by atoms with Crippen LogP contribution < -0.4 is 10.6 Å². The minimum atomic E-state index is -4.52. The van der Waals surface area contributed by atoms with E-state index in [0.29, 0.717) is 0 Å². The number of para-hydroxylation sites is 1. The lowest BCUT2D eigenvalue weighted by Crippen LogP contribution is -2.41. The van der Waals surface area contributed by atoms with Crippen molar-refractivity contribution in [3.8, 4) is 0 Å². The van der Waals surface area contributed by atoms with Gasteiger partial charge in [-0.1, -0.05) is 24.3 Å². The summed E-state index contributed by atoms with van der Waals surface area (Å²) < 4.78 is 40.5. The van der Waals surface area contributed by atoms with E-state index < -0.39 is 17.6 Å². The molecule has 3 rings (SSSR count). The van der Waals surface area contributed by atoms with Crippen LogP contribution in [-0.4, -0.2) is 18.5 Å². The van der Waals surface area contributed by atoms with Crippen molar-refractivity contribution in [1.29, 1.82) is 0 Å². The van der Waals surface area contributed by atoms with Gasteiger partial charge in [0.1, 0.15) is 0 Å². The van der Waals surface area contributed by atoms with Gasteiger partial charge in [-0.3, -0.25) is 4.79 Å². The lowest BCUT2D eigenvalue weighted by molar-refractivity contribution is -0.138. The van der Waals surface area contributed by atoms with E-state index in [1.807, 2.05) is 30.3 Å². The summed E-state index contributed by atoms with van der Waals surface area (Å²) in [5, 5.41) is 0. The molecule has 138 valence electrons. The molecule has 0 bridgehead atoms. The molecule has 2 N–H and O–H groups in total. The number of primary amides is 1. The van der Waals surface area contributed by atoms with E-state index in [0.717, 1.165) is 37.6 Å². The van der Waals surface area contributed by atoms with Crippen LogP contribution in [0, 0.1) is 0 Å². The number of halogens is 3. The van der Waals surface area contributed by atoms with Crippen molar-refractivity contribution in [3.63, 3.8) is 0 Å². The molecule has 2 aromatic rings. The molecule has 1 atom stereocenters. The average molecular weight is 362 g/mol. The SMILES string of the molecule is NC(=O)c1cccc(C(F)(F)F)c1C[C@@H]1CCCCN1c1ccccc1. The smallest absolute Gasteiger partial charge is 0.368 e. The number of rotatable bonds is 4. The number of nitrogens with two attached hydrogens (primary N) is 1. The predicted octanol–water partition coefficient (Wildman–Crippen LogP) is 4.41. The highest BCUT2D eigenvalue weighted by Gasteiger charge is 2.36. The third-order valence-corrected chi connectivity index (χ3v) is 4.90. The van der Waals surface area contributed by atoms with Crippen LogP contribution in [-0.2, 0) is 12.6 Å². The summed E-state index contributed by atoms with van der Waals surface area (Å²) in [5.41, 5.74) is 5.53. The molecule has 1 aliphatic heterocycles. The summed E-state index contributed by atoms with van der Waals surface area (Å²) in [4.78, 5) is 13.9. The summed E-state index contributed by atoms with van der Waals surface area (Å²) in [6, 6.07) is 13.2. The Hall–Kier alpha value is -2.50. The summed E-state index contributed by atoms with van der Waals surface area (Å²) >= 11 is 0. The Morgan fingerprint density at radius 3 is 2.46 bits per heavy atom. The van der Waals surface area contributed by atoms with E-state index in [9.17, 15) is 18.0 Å². The molecule has 1 aliphatic rings. The summed E-state index contributed by atoms with van der Waals surface area (Å²) in [6.07, 6.45) is -1.65. The molecular formula is C20H21F3N2O. The Morgan fingerprint density at radius 2 is 1.81 bits per heavy atom. The number of nitrogens with zero attached hydrogens (tertiary/aromatic N) is 1. The van der Waals surface area contributed by atoms with Gasteiger partial charge in [0.25, 0.3) is 0 Å². The Labute approximate surface area is 150 Å². The third kappa shape index (κ3) is 3.84. The molecule has 0 spiro atoms. The first-order valence-electron chi connectivity index (χ1n) is 8.68. The van der Waals surface area contributed by atoms with E-state index in [-0.39, 0.29) is 23.6 Å². The number of amides is 1. The lowest BCUT2D eigenvalue weighted by Gasteiger charge is -2.38. The minimum absolute atomic E-state index is 0.000307. The standard InChI is InChI=1S/C20H21F3N2O/c21-20(22,23)18-11-6-10-16(19(24)26)17(18)13-15-9-4-5-12-25(15)14-7-2-1-3-8-14/h1-3,6-8,10-11,15H,4-5,9,12-13H2,(H2,24,26)/t15-/m0/s1. The van der Waals surface area contributed by atoms with E-state index in [4.69, 9.17) is 5.73 Å². The fourth-order valence-corrected chi connectivity index (χ4v) is 3.71. The fourth-order valence-electron chi connectivity index (χ4n) is 3.71. The highest BCUT2D eigenvalue weighted by atomic mass is 19.4. The molecule has 1 heterocycles. The minimum Gasteiger partial charge on any atom is -0.368 e. The highest BCUT2D eigenvalue weighted by molar-refractivity contribution is 5.94. The van der Waals surface area contributed by atoms with Gasteiger partial charge in [-0.25, -0.2) is 0 Å². The molecule has 0 unspecified atom stereocenters. The normalized spacial score (nSPS) is 18.0. The molecule has 0 saturated carbocycles. The Balaban J connectivity index is 1.99. The topological polar surface area (TPSA) is 46.3 Å². The molecule has 0 aromatic heterocycles. The van der Waals surface area contributed by atoms with E-state index in [2.05, 4.69) is 4.90 Å². The van der Waals surface area contributed by atoms with Crippen molar-refractivity contribution in [1.82, 2.24) is 0 Å². The molecule has 0 radical (unpaired) electrons. The molecule has 1 amide bonds. The van der Waals surface area contributed by atoms with Crippen LogP contribution >= 0.6 is 0 Å². The molecule has 0 aliphatic carbocycles. The summed E-state index contributed by atoms with van der Waals surface area (Å²) in [5.74, 6) is -0.826. The first-order valence-corrected chi connectivity index (χ1v) is 8.68. The zero-order chi connectivity index (χ0) is 18.7. The van der Waals surface area contributed by atoms with Crippen molar-refractivity contribution >= 4 is 11.6 Å². The van der Waals surface area contributed by atoms with Gasteiger partial charge in [0.05, 0.1) is 5.56 Å². The van der Waals surface area contributed by atoms with Gasteiger partial charge < -0.3 is 10.6 Å². The van der Waals surface area contributed by atoms with Crippen LogP contribution in [0.25, 0.3) is 0 Å². The first kappa shape index (κ1) is 18.3. The van der Waals surface area contributed by atoms with E-state index in [1.165, 1.54) is 12.1 Å². The van der Waals surface area contributed by atoms with Gasteiger partial charge in [-0.15, -0.1) is 0 Å². The van der Waals surface area contributed by atoms with Gasteiger partial charge in [-0.05, 0) is 55.5 Å². The number of hydrogen-bond donors (Lipinski definition) is 1. The van der Waals surface area contributed by atoms with Crippen LogP contribution in [0.4, 0.5) is 18.9 Å². The number of hydrogen-bond acceptors (Lipinski definition) is 2. The number of carbonyl (C=O) groups is 1. The van der Waals surface area contributed by atoms with Crippen molar-refractivity contribution in [2.45, 2.75) is 37.9 Å².